The van der Waals surface area contributed by atoms with E-state index in [1.807, 2.05) is 5.43 Å². The summed E-state index contributed by atoms with van der Waals surface area (Å²) in [4.78, 5) is 17.1. The van der Waals surface area contributed by atoms with Crippen LogP contribution in [0.3, 0.4) is 0 Å². The topological polar surface area (TPSA) is 125 Å². The molecule has 0 aliphatic heterocycles. The first-order valence-corrected chi connectivity index (χ1v) is 4.93. The number of nitrogens with two attached hydrogens (primary N) is 1. The second-order valence-corrected chi connectivity index (χ2v) is 3.48. The molecule has 12 heteroatoms. The quantitative estimate of drug-likeness (QED) is 0.488. The smallest absolute Gasteiger partial charge is 0.292 e. The van der Waals surface area contributed by atoms with Gasteiger partial charge in [-0.3, -0.25) is 15.5 Å². The van der Waals surface area contributed by atoms with E-state index in [4.69, 9.17) is 5.84 Å². The molecule has 0 radical (unpaired) electrons. The first-order chi connectivity index (χ1) is 9.32. The summed E-state index contributed by atoms with van der Waals surface area (Å²) in [5, 5.41) is 14.2. The van der Waals surface area contributed by atoms with Crippen LogP contribution in [0.5, 0.6) is 0 Å². The van der Waals surface area contributed by atoms with Crippen molar-refractivity contribution in [3.05, 3.63) is 34.3 Å². The third-order valence-corrected chi connectivity index (χ3v) is 2.20. The molecule has 2 rings (SSSR count). The van der Waals surface area contributed by atoms with E-state index in [1.165, 1.54) is 0 Å². The molecule has 9 nitrogen and oxygen atoms in total. The van der Waals surface area contributed by atoms with Crippen LogP contribution < -0.4 is 11.3 Å². The number of anilines is 1. The molecule has 0 amide bonds. The van der Waals surface area contributed by atoms with Gasteiger partial charge in [-0.1, -0.05) is 0 Å². The number of nitrogens with zero attached hydrogens (tertiary/aromatic N) is 5. The fraction of sp³-hybridized carbons (Fsp3) is 0.125. The number of nitrogen functional groups attached to an aromatic ring is 1. The van der Waals surface area contributed by atoms with Gasteiger partial charge in [0.2, 0.25) is 11.8 Å². The molecule has 0 unspecified atom stereocenters. The molecule has 2 aromatic heterocycles. The van der Waals surface area contributed by atoms with E-state index in [0.29, 0.717) is 17.1 Å². The fourth-order valence-corrected chi connectivity index (χ4v) is 1.32. The zero-order chi connectivity index (χ0) is 14.9. The number of alkyl halides is 3. The highest BCUT2D eigenvalue weighted by Gasteiger charge is 2.33. The molecule has 0 saturated heterocycles. The maximum absolute atomic E-state index is 12.5. The van der Waals surface area contributed by atoms with Gasteiger partial charge in [0.1, 0.15) is 6.20 Å². The largest absolute Gasteiger partial charge is 0.419 e. The molecular formula is C8H6F3N7O2. The number of hydrogen-bond acceptors (Lipinski definition) is 7. The Hall–Kier alpha value is -2.76. The van der Waals surface area contributed by atoms with Crippen molar-refractivity contribution in [3.8, 4) is 5.82 Å². The van der Waals surface area contributed by atoms with E-state index in [-0.39, 0.29) is 5.95 Å². The van der Waals surface area contributed by atoms with Crippen LogP contribution in [0.15, 0.2) is 18.6 Å². The Labute approximate surface area is 108 Å². The van der Waals surface area contributed by atoms with Crippen molar-refractivity contribution in [1.82, 2.24) is 19.7 Å². The molecule has 0 aliphatic rings. The van der Waals surface area contributed by atoms with Gasteiger partial charge in [-0.25, -0.2) is 15.5 Å². The average molecular weight is 289 g/mol. The van der Waals surface area contributed by atoms with Gasteiger partial charge in [0.25, 0.3) is 0 Å². The molecule has 20 heavy (non-hydrogen) atoms. The zero-order valence-corrected chi connectivity index (χ0v) is 9.50. The van der Waals surface area contributed by atoms with Gasteiger partial charge in [0, 0.05) is 6.20 Å². The van der Waals surface area contributed by atoms with Crippen LogP contribution in [0.1, 0.15) is 5.56 Å². The summed E-state index contributed by atoms with van der Waals surface area (Å²) in [6.45, 7) is 0. The predicted octanol–water partition coefficient (Wildman–Crippen LogP) is 0.875. The van der Waals surface area contributed by atoms with E-state index < -0.39 is 28.2 Å². The van der Waals surface area contributed by atoms with E-state index in [9.17, 15) is 23.3 Å². The first-order valence-electron chi connectivity index (χ1n) is 4.93. The lowest BCUT2D eigenvalue weighted by molar-refractivity contribution is -0.385. The molecule has 0 fully saturated rings. The van der Waals surface area contributed by atoms with Gasteiger partial charge < -0.3 is 0 Å². The second-order valence-electron chi connectivity index (χ2n) is 3.48. The van der Waals surface area contributed by atoms with Gasteiger partial charge in [0.05, 0.1) is 16.7 Å². The van der Waals surface area contributed by atoms with Crippen LogP contribution in [0, 0.1) is 10.1 Å². The van der Waals surface area contributed by atoms with Crippen LogP contribution in [-0.2, 0) is 6.18 Å². The molecule has 2 aromatic rings. The minimum absolute atomic E-state index is 0.199. The van der Waals surface area contributed by atoms with Gasteiger partial charge >= 0.3 is 11.9 Å². The van der Waals surface area contributed by atoms with Gasteiger partial charge in [-0.15, -0.1) is 0 Å². The van der Waals surface area contributed by atoms with Gasteiger partial charge in [-0.2, -0.15) is 23.3 Å². The van der Waals surface area contributed by atoms with Gasteiger partial charge in [-0.05, 0) is 0 Å². The van der Waals surface area contributed by atoms with Crippen molar-refractivity contribution in [3.63, 3.8) is 0 Å². The number of nitro groups is 1. The van der Waals surface area contributed by atoms with Crippen LogP contribution in [-0.4, -0.2) is 24.7 Å². The van der Waals surface area contributed by atoms with Crippen molar-refractivity contribution in [2.45, 2.75) is 6.18 Å². The molecule has 2 heterocycles. The molecule has 0 aromatic carbocycles. The summed E-state index contributed by atoms with van der Waals surface area (Å²) in [5.41, 5.74) is 0.359. The maximum Gasteiger partial charge on any atom is 0.419 e. The zero-order valence-electron chi connectivity index (χ0n) is 9.50. The highest BCUT2D eigenvalue weighted by atomic mass is 19.4. The number of aromatic nitrogens is 4. The maximum atomic E-state index is 12.5. The van der Waals surface area contributed by atoms with E-state index in [2.05, 4.69) is 15.1 Å². The monoisotopic (exact) mass is 289 g/mol. The number of hydrogen-bond donors (Lipinski definition) is 2. The highest BCUT2D eigenvalue weighted by Crippen LogP contribution is 2.30. The second kappa shape index (κ2) is 4.73. The SMILES string of the molecule is NNc1ncc([N+](=O)[O-])c(-n2cc(C(F)(F)F)cn2)n1. The van der Waals surface area contributed by atoms with Crippen molar-refractivity contribution in [2.24, 2.45) is 5.84 Å². The average Bonchev–Trinajstić information content (AvgIpc) is 2.87. The van der Waals surface area contributed by atoms with Crippen LogP contribution in [0.25, 0.3) is 5.82 Å². The third-order valence-electron chi connectivity index (χ3n) is 2.20. The summed E-state index contributed by atoms with van der Waals surface area (Å²) >= 11 is 0. The molecule has 0 spiro atoms. The molecule has 3 N–H and O–H groups in total. The van der Waals surface area contributed by atoms with Crippen molar-refractivity contribution >= 4 is 11.6 Å². The standard InChI is InChI=1S/C8H6F3N7O2/c9-8(10,11)4-1-14-17(3-4)6-5(18(19)20)2-13-7(15-6)16-12/h1-3H,12H2,(H,13,15,16). The summed E-state index contributed by atoms with van der Waals surface area (Å²) in [6.07, 6.45) is -2.70. The lowest BCUT2D eigenvalue weighted by Gasteiger charge is -2.04. The van der Waals surface area contributed by atoms with Crippen molar-refractivity contribution in [2.75, 3.05) is 5.43 Å². The summed E-state index contributed by atoms with van der Waals surface area (Å²) in [7, 11) is 0. The summed E-state index contributed by atoms with van der Waals surface area (Å²) in [6, 6.07) is 0. The van der Waals surface area contributed by atoms with Crippen molar-refractivity contribution in [1.29, 1.82) is 0 Å². The first kappa shape index (κ1) is 13.7. The number of halogens is 3. The normalized spacial score (nSPS) is 11.4. The molecular weight excluding hydrogens is 283 g/mol. The van der Waals surface area contributed by atoms with E-state index >= 15 is 0 Å². The van der Waals surface area contributed by atoms with Gasteiger partial charge in [0.15, 0.2) is 0 Å². The lowest BCUT2D eigenvalue weighted by Crippen LogP contribution is -2.13. The van der Waals surface area contributed by atoms with E-state index in [1.54, 1.807) is 0 Å². The predicted molar refractivity (Wildman–Crippen MR) is 58.6 cm³/mol. The minimum Gasteiger partial charge on any atom is -0.292 e. The Morgan fingerprint density at radius 2 is 2.10 bits per heavy atom. The van der Waals surface area contributed by atoms with E-state index in [0.717, 1.165) is 6.20 Å². The molecule has 0 aliphatic carbocycles. The third kappa shape index (κ3) is 2.49. The lowest BCUT2D eigenvalue weighted by atomic mass is 10.3. The van der Waals surface area contributed by atoms with Crippen LogP contribution in [0.2, 0.25) is 0 Å². The molecule has 106 valence electrons. The number of hydrazine groups is 1. The summed E-state index contributed by atoms with van der Waals surface area (Å²) < 4.78 is 38.0. The Morgan fingerprint density at radius 3 is 2.60 bits per heavy atom. The summed E-state index contributed by atoms with van der Waals surface area (Å²) in [5.74, 6) is 4.41. The van der Waals surface area contributed by atoms with Crippen molar-refractivity contribution < 1.29 is 18.1 Å². The number of nitrogens with one attached hydrogen (secondary N) is 1. The highest BCUT2D eigenvalue weighted by molar-refractivity contribution is 5.48. The Kier molecular flexibility index (Phi) is 3.23. The fourth-order valence-electron chi connectivity index (χ4n) is 1.32. The Balaban J connectivity index is 2.55. The molecule has 0 saturated carbocycles. The molecule has 0 atom stereocenters. The molecule has 0 bridgehead atoms. The minimum atomic E-state index is -4.62. The van der Waals surface area contributed by atoms with Crippen LogP contribution in [0.4, 0.5) is 24.8 Å². The Bertz CT molecular complexity index is 654. The van der Waals surface area contributed by atoms with Crippen LogP contribution >= 0.6 is 0 Å². The number of rotatable bonds is 3. The Morgan fingerprint density at radius 1 is 1.40 bits per heavy atom.